The van der Waals surface area contributed by atoms with Gasteiger partial charge in [0.05, 0.1) is 0 Å². The lowest BCUT2D eigenvalue weighted by atomic mass is 9.93. The van der Waals surface area contributed by atoms with Gasteiger partial charge in [0.1, 0.15) is 0 Å². The highest BCUT2D eigenvalue weighted by atomic mass is 14.1. The minimum Gasteiger partial charge on any atom is -0.0998 e. The highest BCUT2D eigenvalue weighted by Crippen LogP contribution is 2.24. The van der Waals surface area contributed by atoms with Gasteiger partial charge in [0.15, 0.2) is 0 Å². The summed E-state index contributed by atoms with van der Waals surface area (Å²) in [5.74, 6) is 0. The predicted molar refractivity (Wildman–Crippen MR) is 48.1 cm³/mol. The third-order valence-corrected chi connectivity index (χ3v) is 1.66. The second-order valence-corrected chi connectivity index (χ2v) is 2.50. The summed E-state index contributed by atoms with van der Waals surface area (Å²) >= 11 is 0. The van der Waals surface area contributed by atoms with Crippen molar-refractivity contribution in [1.29, 1.82) is 0 Å². The molecule has 58 valence electrons. The molecule has 0 heterocycles. The van der Waals surface area contributed by atoms with Gasteiger partial charge in [-0.15, -0.1) is 0 Å². The van der Waals surface area contributed by atoms with Crippen LogP contribution in [0.4, 0.5) is 0 Å². The van der Waals surface area contributed by atoms with Crippen LogP contribution in [0.3, 0.4) is 0 Å². The first-order valence-electron chi connectivity index (χ1n) is 4.12. The smallest absolute Gasteiger partial charge is 0.0286 e. The van der Waals surface area contributed by atoms with Gasteiger partial charge in [0, 0.05) is 0 Å². The fraction of sp³-hybridized carbons (Fsp3) is 0.600. The normalized spacial score (nSPS) is 17.8. The molecule has 10 heavy (non-hydrogen) atoms. The molecule has 0 aromatic heterocycles. The molecule has 1 rings (SSSR count). The summed E-state index contributed by atoms with van der Waals surface area (Å²) in [4.78, 5) is 0. The molecule has 0 aromatic rings. The summed E-state index contributed by atoms with van der Waals surface area (Å²) in [5.41, 5.74) is 2.80. The Morgan fingerprint density at radius 1 is 0.800 bits per heavy atom. The van der Waals surface area contributed by atoms with E-state index in [1.54, 1.807) is 0 Å². The van der Waals surface area contributed by atoms with Gasteiger partial charge in [-0.3, -0.25) is 0 Å². The van der Waals surface area contributed by atoms with E-state index in [4.69, 9.17) is 0 Å². The summed E-state index contributed by atoms with van der Waals surface area (Å²) < 4.78 is 0. The first kappa shape index (κ1) is 9.48. The Morgan fingerprint density at radius 2 is 1.00 bits per heavy atom. The maximum absolute atomic E-state index is 3.91. The Morgan fingerprint density at radius 3 is 1.20 bits per heavy atom. The van der Waals surface area contributed by atoms with Gasteiger partial charge in [-0.2, -0.15) is 0 Å². The van der Waals surface area contributed by atoms with Gasteiger partial charge in [-0.1, -0.05) is 38.2 Å². The predicted octanol–water partition coefficient (Wildman–Crippen LogP) is 3.70. The van der Waals surface area contributed by atoms with E-state index < -0.39 is 0 Å². The number of allylic oxidation sites excluding steroid dienone is 2. The summed E-state index contributed by atoms with van der Waals surface area (Å²) in [6.07, 6.45) is 4.72. The SMILES string of the molecule is C=C1CCC(=C)CC1.CC. The van der Waals surface area contributed by atoms with Gasteiger partial charge in [-0.25, -0.2) is 0 Å². The lowest BCUT2D eigenvalue weighted by molar-refractivity contribution is 0.735. The van der Waals surface area contributed by atoms with Crippen molar-refractivity contribution in [3.05, 3.63) is 24.3 Å². The number of rotatable bonds is 0. The van der Waals surface area contributed by atoms with Crippen molar-refractivity contribution >= 4 is 0 Å². The molecule has 1 aliphatic carbocycles. The van der Waals surface area contributed by atoms with E-state index in [0.29, 0.717) is 0 Å². The van der Waals surface area contributed by atoms with Crippen molar-refractivity contribution in [2.24, 2.45) is 0 Å². The van der Waals surface area contributed by atoms with Crippen molar-refractivity contribution in [1.82, 2.24) is 0 Å². The zero-order valence-corrected chi connectivity index (χ0v) is 7.24. The molecule has 0 radical (unpaired) electrons. The highest BCUT2D eigenvalue weighted by molar-refractivity contribution is 5.09. The third-order valence-electron chi connectivity index (χ3n) is 1.66. The molecule has 0 N–H and O–H groups in total. The Balaban J connectivity index is 0.000000371. The monoisotopic (exact) mass is 138 g/mol. The summed E-state index contributed by atoms with van der Waals surface area (Å²) in [6, 6.07) is 0. The molecular formula is C10H18. The second kappa shape index (κ2) is 5.28. The summed E-state index contributed by atoms with van der Waals surface area (Å²) in [6.45, 7) is 11.8. The lowest BCUT2D eigenvalue weighted by Gasteiger charge is -2.13. The van der Waals surface area contributed by atoms with Crippen LogP contribution in [0.2, 0.25) is 0 Å². The molecule has 1 fully saturated rings. The first-order valence-corrected chi connectivity index (χ1v) is 4.12. The van der Waals surface area contributed by atoms with Crippen LogP contribution in [0, 0.1) is 0 Å². The van der Waals surface area contributed by atoms with E-state index >= 15 is 0 Å². The molecule has 1 aliphatic rings. The van der Waals surface area contributed by atoms with Crippen LogP contribution in [0.15, 0.2) is 24.3 Å². The molecule has 0 spiro atoms. The summed E-state index contributed by atoms with van der Waals surface area (Å²) in [5, 5.41) is 0. The molecule has 0 bridgehead atoms. The van der Waals surface area contributed by atoms with Crippen LogP contribution in [-0.4, -0.2) is 0 Å². The third kappa shape index (κ3) is 3.49. The minimum absolute atomic E-state index is 1.18. The summed E-state index contributed by atoms with van der Waals surface area (Å²) in [7, 11) is 0. The Bertz CT molecular complexity index is 92.0. The van der Waals surface area contributed by atoms with E-state index in [2.05, 4.69) is 13.2 Å². The van der Waals surface area contributed by atoms with Gasteiger partial charge in [0.25, 0.3) is 0 Å². The Kier molecular flexibility index (Phi) is 5.00. The van der Waals surface area contributed by atoms with Crippen molar-refractivity contribution in [3.63, 3.8) is 0 Å². The fourth-order valence-corrected chi connectivity index (χ4v) is 0.957. The zero-order valence-electron chi connectivity index (χ0n) is 7.24. The van der Waals surface area contributed by atoms with Crippen LogP contribution in [0.25, 0.3) is 0 Å². The van der Waals surface area contributed by atoms with Crippen LogP contribution in [0.1, 0.15) is 39.5 Å². The molecule has 1 saturated carbocycles. The largest absolute Gasteiger partial charge is 0.0998 e. The molecule has 0 aromatic carbocycles. The van der Waals surface area contributed by atoms with E-state index in [0.717, 1.165) is 0 Å². The van der Waals surface area contributed by atoms with Gasteiger partial charge < -0.3 is 0 Å². The standard InChI is InChI=1S/C8H12.C2H6/c1-7-3-5-8(2)6-4-7;1-2/h1-6H2;1-2H3. The molecule has 0 aliphatic heterocycles. The van der Waals surface area contributed by atoms with Crippen LogP contribution < -0.4 is 0 Å². The van der Waals surface area contributed by atoms with Crippen molar-refractivity contribution < 1.29 is 0 Å². The average Bonchev–Trinajstić information content (AvgIpc) is 2.00. The zero-order chi connectivity index (χ0) is 7.98. The van der Waals surface area contributed by atoms with Crippen LogP contribution in [0.5, 0.6) is 0 Å². The fourth-order valence-electron chi connectivity index (χ4n) is 0.957. The molecule has 0 nitrogen and oxygen atoms in total. The molecule has 0 saturated heterocycles. The number of hydrogen-bond acceptors (Lipinski definition) is 0. The Labute approximate surface area is 64.6 Å². The topological polar surface area (TPSA) is 0 Å². The Hall–Kier alpha value is -0.520. The average molecular weight is 138 g/mol. The number of hydrogen-bond donors (Lipinski definition) is 0. The van der Waals surface area contributed by atoms with Crippen molar-refractivity contribution in [3.8, 4) is 0 Å². The van der Waals surface area contributed by atoms with Gasteiger partial charge >= 0.3 is 0 Å². The molecule has 0 atom stereocenters. The molecule has 0 unspecified atom stereocenters. The van der Waals surface area contributed by atoms with E-state index in [1.807, 2.05) is 13.8 Å². The van der Waals surface area contributed by atoms with E-state index in [-0.39, 0.29) is 0 Å². The van der Waals surface area contributed by atoms with E-state index in [9.17, 15) is 0 Å². The molecular weight excluding hydrogens is 120 g/mol. The van der Waals surface area contributed by atoms with E-state index in [1.165, 1.54) is 36.8 Å². The van der Waals surface area contributed by atoms with Gasteiger partial charge in [-0.05, 0) is 25.7 Å². The minimum atomic E-state index is 1.18. The van der Waals surface area contributed by atoms with Crippen LogP contribution in [-0.2, 0) is 0 Å². The first-order chi connectivity index (χ1) is 4.79. The van der Waals surface area contributed by atoms with Gasteiger partial charge in [0.2, 0.25) is 0 Å². The maximum Gasteiger partial charge on any atom is -0.0286 e. The second-order valence-electron chi connectivity index (χ2n) is 2.50. The van der Waals surface area contributed by atoms with Crippen molar-refractivity contribution in [2.45, 2.75) is 39.5 Å². The lowest BCUT2D eigenvalue weighted by Crippen LogP contribution is -1.93. The highest BCUT2D eigenvalue weighted by Gasteiger charge is 2.04. The molecule has 0 heteroatoms. The maximum atomic E-state index is 3.91. The van der Waals surface area contributed by atoms with Crippen molar-refractivity contribution in [2.75, 3.05) is 0 Å². The molecule has 0 amide bonds. The van der Waals surface area contributed by atoms with Crippen LogP contribution >= 0.6 is 0 Å². The quantitative estimate of drug-likeness (QED) is 0.448.